The van der Waals surface area contributed by atoms with Gasteiger partial charge in [-0.15, -0.1) is 0 Å². The Labute approximate surface area is 130 Å². The van der Waals surface area contributed by atoms with Gasteiger partial charge in [0.25, 0.3) is 0 Å². The van der Waals surface area contributed by atoms with Gasteiger partial charge in [-0.3, -0.25) is 0 Å². The van der Waals surface area contributed by atoms with Crippen molar-refractivity contribution in [2.24, 2.45) is 5.92 Å². The maximum Gasteiger partial charge on any atom is 0.389 e. The van der Waals surface area contributed by atoms with E-state index < -0.39 is 12.6 Å². The number of unbranched alkanes of at least 4 members (excludes halogenated alkanes) is 1. The van der Waals surface area contributed by atoms with Crippen LogP contribution in [0.25, 0.3) is 0 Å². The van der Waals surface area contributed by atoms with Crippen molar-refractivity contribution in [2.75, 3.05) is 7.11 Å². The Morgan fingerprint density at radius 1 is 1.00 bits per heavy atom. The summed E-state index contributed by atoms with van der Waals surface area (Å²) in [5, 5.41) is 0. The van der Waals surface area contributed by atoms with Gasteiger partial charge in [-0.2, -0.15) is 13.2 Å². The van der Waals surface area contributed by atoms with E-state index in [2.05, 4.69) is 12.1 Å². The highest BCUT2D eigenvalue weighted by atomic mass is 19.4. The Morgan fingerprint density at radius 2 is 1.64 bits per heavy atom. The molecular formula is C18H25F3O. The molecule has 0 unspecified atom stereocenters. The van der Waals surface area contributed by atoms with Gasteiger partial charge in [0.2, 0.25) is 0 Å². The molecule has 1 saturated carbocycles. The summed E-state index contributed by atoms with van der Waals surface area (Å²) in [5.74, 6) is 2.09. The van der Waals surface area contributed by atoms with Crippen LogP contribution in [0.5, 0.6) is 5.75 Å². The minimum absolute atomic E-state index is 0.280. The molecule has 0 heterocycles. The maximum absolute atomic E-state index is 12.1. The fourth-order valence-corrected chi connectivity index (χ4v) is 3.42. The molecule has 1 aliphatic rings. The van der Waals surface area contributed by atoms with Gasteiger partial charge in [-0.25, -0.2) is 0 Å². The molecule has 0 spiro atoms. The molecule has 0 amide bonds. The summed E-state index contributed by atoms with van der Waals surface area (Å²) in [6, 6.07) is 8.26. The van der Waals surface area contributed by atoms with Gasteiger partial charge in [-0.1, -0.05) is 25.0 Å². The second-order valence-electron chi connectivity index (χ2n) is 6.35. The Morgan fingerprint density at radius 3 is 2.18 bits per heavy atom. The zero-order chi connectivity index (χ0) is 16.0. The number of alkyl halides is 3. The predicted octanol–water partition coefficient (Wildman–Crippen LogP) is 6.09. The quantitative estimate of drug-likeness (QED) is 0.577. The van der Waals surface area contributed by atoms with Gasteiger partial charge in [0.1, 0.15) is 5.75 Å². The van der Waals surface area contributed by atoms with Crippen LogP contribution in [0.15, 0.2) is 24.3 Å². The van der Waals surface area contributed by atoms with Crippen molar-refractivity contribution in [1.29, 1.82) is 0 Å². The molecule has 1 aromatic carbocycles. The van der Waals surface area contributed by atoms with Crippen LogP contribution >= 0.6 is 0 Å². The van der Waals surface area contributed by atoms with Crippen LogP contribution in [0.4, 0.5) is 13.2 Å². The van der Waals surface area contributed by atoms with Gasteiger partial charge in [0.05, 0.1) is 7.11 Å². The largest absolute Gasteiger partial charge is 0.497 e. The van der Waals surface area contributed by atoms with E-state index in [0.29, 0.717) is 18.3 Å². The van der Waals surface area contributed by atoms with Crippen molar-refractivity contribution in [1.82, 2.24) is 0 Å². The average molecular weight is 314 g/mol. The molecule has 0 N–H and O–H groups in total. The van der Waals surface area contributed by atoms with Crippen LogP contribution in [0, 0.1) is 5.92 Å². The van der Waals surface area contributed by atoms with E-state index in [9.17, 15) is 13.2 Å². The molecule has 22 heavy (non-hydrogen) atoms. The SMILES string of the molecule is COc1ccc(C2CCC(CCCCC(F)(F)F)CC2)cc1. The third-order valence-electron chi connectivity index (χ3n) is 4.76. The molecular weight excluding hydrogens is 289 g/mol. The molecule has 0 aromatic heterocycles. The van der Waals surface area contributed by atoms with E-state index >= 15 is 0 Å². The first-order chi connectivity index (χ1) is 10.5. The molecule has 0 radical (unpaired) electrons. The second kappa shape index (κ2) is 7.89. The first-order valence-corrected chi connectivity index (χ1v) is 8.18. The van der Waals surface area contributed by atoms with E-state index in [1.807, 2.05) is 12.1 Å². The van der Waals surface area contributed by atoms with Crippen molar-refractivity contribution < 1.29 is 17.9 Å². The van der Waals surface area contributed by atoms with Crippen molar-refractivity contribution in [3.8, 4) is 5.75 Å². The monoisotopic (exact) mass is 314 g/mol. The van der Waals surface area contributed by atoms with E-state index in [-0.39, 0.29) is 6.42 Å². The number of hydrogen-bond acceptors (Lipinski definition) is 1. The first kappa shape index (κ1) is 17.2. The zero-order valence-corrected chi connectivity index (χ0v) is 13.2. The third-order valence-corrected chi connectivity index (χ3v) is 4.76. The van der Waals surface area contributed by atoms with Crippen LogP contribution < -0.4 is 4.74 Å². The number of ether oxygens (including phenoxy) is 1. The van der Waals surface area contributed by atoms with Crippen molar-refractivity contribution >= 4 is 0 Å². The third kappa shape index (κ3) is 5.54. The highest BCUT2D eigenvalue weighted by Crippen LogP contribution is 2.38. The molecule has 1 fully saturated rings. The maximum atomic E-state index is 12.1. The van der Waals surface area contributed by atoms with Crippen LogP contribution in [0.2, 0.25) is 0 Å². The summed E-state index contributed by atoms with van der Waals surface area (Å²) >= 11 is 0. The lowest BCUT2D eigenvalue weighted by atomic mass is 9.77. The minimum atomic E-state index is -3.99. The van der Waals surface area contributed by atoms with E-state index in [4.69, 9.17) is 4.74 Å². The highest BCUT2D eigenvalue weighted by molar-refractivity contribution is 5.29. The molecule has 0 saturated heterocycles. The number of benzene rings is 1. The van der Waals surface area contributed by atoms with Gasteiger partial charge in [-0.05, 0) is 61.6 Å². The predicted molar refractivity (Wildman–Crippen MR) is 82.2 cm³/mol. The van der Waals surface area contributed by atoms with Gasteiger partial charge < -0.3 is 4.74 Å². The standard InChI is InChI=1S/C18H25F3O/c1-22-17-11-9-16(10-12-17)15-7-5-14(6-8-15)4-2-3-13-18(19,20)21/h9-12,14-15H,2-8,13H2,1H3. The Balaban J connectivity index is 1.69. The first-order valence-electron chi connectivity index (χ1n) is 8.18. The molecule has 4 heteroatoms. The van der Waals surface area contributed by atoms with E-state index in [0.717, 1.165) is 37.9 Å². The summed E-state index contributed by atoms with van der Waals surface area (Å²) in [6.45, 7) is 0. The van der Waals surface area contributed by atoms with Crippen molar-refractivity contribution in [2.45, 2.75) is 63.5 Å². The number of halogens is 3. The fourth-order valence-electron chi connectivity index (χ4n) is 3.42. The van der Waals surface area contributed by atoms with Gasteiger partial charge in [0.15, 0.2) is 0 Å². The average Bonchev–Trinajstić information content (AvgIpc) is 2.51. The van der Waals surface area contributed by atoms with Gasteiger partial charge in [0, 0.05) is 6.42 Å². The molecule has 124 valence electrons. The Bertz CT molecular complexity index is 431. The molecule has 1 aliphatic carbocycles. The lowest BCUT2D eigenvalue weighted by Gasteiger charge is -2.29. The highest BCUT2D eigenvalue weighted by Gasteiger charge is 2.27. The van der Waals surface area contributed by atoms with Crippen LogP contribution in [0.3, 0.4) is 0 Å². The molecule has 0 bridgehead atoms. The van der Waals surface area contributed by atoms with E-state index in [1.54, 1.807) is 7.11 Å². The van der Waals surface area contributed by atoms with Crippen molar-refractivity contribution in [3.63, 3.8) is 0 Å². The summed E-state index contributed by atoms with van der Waals surface area (Å²) in [4.78, 5) is 0. The Hall–Kier alpha value is -1.19. The zero-order valence-electron chi connectivity index (χ0n) is 13.2. The smallest absolute Gasteiger partial charge is 0.389 e. The topological polar surface area (TPSA) is 9.23 Å². The lowest BCUT2D eigenvalue weighted by Crippen LogP contribution is -2.14. The summed E-state index contributed by atoms with van der Waals surface area (Å²) in [7, 11) is 1.67. The summed E-state index contributed by atoms with van der Waals surface area (Å²) in [5.41, 5.74) is 1.36. The summed E-state index contributed by atoms with van der Waals surface area (Å²) < 4.78 is 41.5. The minimum Gasteiger partial charge on any atom is -0.497 e. The van der Waals surface area contributed by atoms with Gasteiger partial charge >= 0.3 is 6.18 Å². The second-order valence-corrected chi connectivity index (χ2v) is 6.35. The molecule has 1 aromatic rings. The number of rotatable bonds is 6. The fraction of sp³-hybridized carbons (Fsp3) is 0.667. The van der Waals surface area contributed by atoms with Crippen LogP contribution in [-0.2, 0) is 0 Å². The van der Waals surface area contributed by atoms with Crippen molar-refractivity contribution in [3.05, 3.63) is 29.8 Å². The Kier molecular flexibility index (Phi) is 6.16. The van der Waals surface area contributed by atoms with E-state index in [1.165, 1.54) is 5.56 Å². The molecule has 0 atom stereocenters. The lowest BCUT2D eigenvalue weighted by molar-refractivity contribution is -0.135. The molecule has 0 aliphatic heterocycles. The normalized spacial score (nSPS) is 22.5. The van der Waals surface area contributed by atoms with Crippen LogP contribution in [0.1, 0.15) is 62.8 Å². The molecule has 2 rings (SSSR count). The summed E-state index contributed by atoms with van der Waals surface area (Å²) in [6.07, 6.45) is 1.89. The van der Waals surface area contributed by atoms with Crippen LogP contribution in [-0.4, -0.2) is 13.3 Å². The molecule has 1 nitrogen and oxygen atoms in total. The number of hydrogen-bond donors (Lipinski definition) is 0. The number of methoxy groups -OCH3 is 1.